The second kappa shape index (κ2) is 14.1. The summed E-state index contributed by atoms with van der Waals surface area (Å²) in [6.07, 6.45) is 3.85. The zero-order chi connectivity index (χ0) is 31.4. The predicted molar refractivity (Wildman–Crippen MR) is 177 cm³/mol. The van der Waals surface area contributed by atoms with E-state index in [9.17, 15) is 9.59 Å². The zero-order valence-corrected chi connectivity index (χ0v) is 27.4. The molecule has 0 saturated carbocycles. The van der Waals surface area contributed by atoms with E-state index in [1.165, 1.54) is 16.5 Å². The van der Waals surface area contributed by atoms with Crippen molar-refractivity contribution in [2.45, 2.75) is 65.2 Å². The molecule has 2 aromatic carbocycles. The number of nitrogens with zero attached hydrogens (tertiary/aromatic N) is 3. The lowest BCUT2D eigenvalue weighted by molar-refractivity contribution is -0.141. The SMILES string of the molecule is CCN(CC)C(=O)C1CCCN(C(=O)CN2CCC(c3ccc4[nH]c(-c5ccc(OC)c(OC)c5)c(C(C)C)c4c3)CC2)C1. The minimum absolute atomic E-state index is 0.0651. The van der Waals surface area contributed by atoms with Crippen LogP contribution in [0.3, 0.4) is 0 Å². The van der Waals surface area contributed by atoms with Crippen LogP contribution in [0.2, 0.25) is 0 Å². The first-order valence-electron chi connectivity index (χ1n) is 16.4. The second-order valence-electron chi connectivity index (χ2n) is 12.7. The fourth-order valence-corrected chi connectivity index (χ4v) is 7.22. The number of nitrogens with one attached hydrogen (secondary N) is 1. The Morgan fingerprint density at radius 3 is 2.34 bits per heavy atom. The third-order valence-corrected chi connectivity index (χ3v) is 9.73. The number of rotatable bonds is 10. The summed E-state index contributed by atoms with van der Waals surface area (Å²) in [5, 5.41) is 1.28. The first-order valence-corrected chi connectivity index (χ1v) is 16.4. The van der Waals surface area contributed by atoms with E-state index in [1.807, 2.05) is 35.8 Å². The van der Waals surface area contributed by atoms with Crippen molar-refractivity contribution in [1.29, 1.82) is 0 Å². The molecule has 1 N–H and O–H groups in total. The number of H-pyrrole nitrogens is 1. The van der Waals surface area contributed by atoms with E-state index in [0.717, 1.165) is 86.7 Å². The van der Waals surface area contributed by atoms with Crippen LogP contribution in [0.5, 0.6) is 11.5 Å². The van der Waals surface area contributed by atoms with E-state index in [2.05, 4.69) is 48.0 Å². The lowest BCUT2D eigenvalue weighted by Crippen LogP contribution is -2.49. The molecule has 44 heavy (non-hydrogen) atoms. The minimum Gasteiger partial charge on any atom is -0.493 e. The number of piperidine rings is 2. The summed E-state index contributed by atoms with van der Waals surface area (Å²) in [4.78, 5) is 36.0. The molecular formula is C36H50N4O4. The average Bonchev–Trinajstić information content (AvgIpc) is 3.44. The molecule has 3 heterocycles. The zero-order valence-electron chi connectivity index (χ0n) is 27.4. The Morgan fingerprint density at radius 2 is 1.68 bits per heavy atom. The van der Waals surface area contributed by atoms with Gasteiger partial charge in [-0.2, -0.15) is 0 Å². The van der Waals surface area contributed by atoms with Gasteiger partial charge in [0, 0.05) is 42.6 Å². The number of hydrogen-bond acceptors (Lipinski definition) is 5. The molecule has 8 nitrogen and oxygen atoms in total. The number of hydrogen-bond donors (Lipinski definition) is 1. The Balaban J connectivity index is 1.25. The van der Waals surface area contributed by atoms with Gasteiger partial charge in [-0.05, 0) is 106 Å². The number of carbonyl (C=O) groups excluding carboxylic acids is 2. The topological polar surface area (TPSA) is 78.1 Å². The number of benzene rings is 2. The van der Waals surface area contributed by atoms with Gasteiger partial charge in [0.15, 0.2) is 11.5 Å². The lowest BCUT2D eigenvalue weighted by Gasteiger charge is -2.37. The third kappa shape index (κ3) is 6.60. The van der Waals surface area contributed by atoms with Gasteiger partial charge in [0.2, 0.25) is 11.8 Å². The molecule has 8 heteroatoms. The highest BCUT2D eigenvalue weighted by atomic mass is 16.5. The van der Waals surface area contributed by atoms with Crippen LogP contribution in [0.15, 0.2) is 36.4 Å². The summed E-state index contributed by atoms with van der Waals surface area (Å²) < 4.78 is 11.0. The van der Waals surface area contributed by atoms with Crippen LogP contribution in [0.1, 0.15) is 76.3 Å². The maximum absolute atomic E-state index is 13.3. The van der Waals surface area contributed by atoms with Crippen LogP contribution < -0.4 is 9.47 Å². The minimum atomic E-state index is -0.0651. The van der Waals surface area contributed by atoms with Crippen molar-refractivity contribution in [3.8, 4) is 22.8 Å². The molecule has 2 saturated heterocycles. The number of aromatic nitrogens is 1. The number of amides is 2. The van der Waals surface area contributed by atoms with E-state index < -0.39 is 0 Å². The van der Waals surface area contributed by atoms with Gasteiger partial charge in [0.1, 0.15) is 0 Å². The monoisotopic (exact) mass is 602 g/mol. The van der Waals surface area contributed by atoms with Gasteiger partial charge in [0.25, 0.3) is 0 Å². The third-order valence-electron chi connectivity index (χ3n) is 9.73. The molecule has 5 rings (SSSR count). The molecule has 0 spiro atoms. The van der Waals surface area contributed by atoms with Crippen LogP contribution in [0.25, 0.3) is 22.2 Å². The quantitative estimate of drug-likeness (QED) is 0.296. The van der Waals surface area contributed by atoms with Gasteiger partial charge in [-0.15, -0.1) is 0 Å². The van der Waals surface area contributed by atoms with E-state index in [0.29, 0.717) is 24.9 Å². The average molecular weight is 603 g/mol. The van der Waals surface area contributed by atoms with Gasteiger partial charge in [-0.25, -0.2) is 0 Å². The highest BCUT2D eigenvalue weighted by molar-refractivity contribution is 5.92. The van der Waals surface area contributed by atoms with E-state index in [-0.39, 0.29) is 17.7 Å². The van der Waals surface area contributed by atoms with Crippen molar-refractivity contribution >= 4 is 22.7 Å². The smallest absolute Gasteiger partial charge is 0.236 e. The van der Waals surface area contributed by atoms with Crippen LogP contribution >= 0.6 is 0 Å². The van der Waals surface area contributed by atoms with Gasteiger partial charge in [-0.1, -0.05) is 19.9 Å². The van der Waals surface area contributed by atoms with Crippen molar-refractivity contribution in [1.82, 2.24) is 19.7 Å². The Hall–Kier alpha value is -3.52. The van der Waals surface area contributed by atoms with Crippen LogP contribution in [-0.2, 0) is 9.59 Å². The van der Waals surface area contributed by atoms with Gasteiger partial charge < -0.3 is 24.3 Å². The fraction of sp³-hybridized carbons (Fsp3) is 0.556. The van der Waals surface area contributed by atoms with Crippen molar-refractivity contribution in [3.63, 3.8) is 0 Å². The van der Waals surface area contributed by atoms with E-state index in [1.54, 1.807) is 14.2 Å². The number of aromatic amines is 1. The number of methoxy groups -OCH3 is 2. The summed E-state index contributed by atoms with van der Waals surface area (Å²) in [6.45, 7) is 13.6. The number of likely N-dealkylation sites (tertiary alicyclic amines) is 2. The Bertz CT molecular complexity index is 1450. The molecule has 2 fully saturated rings. The van der Waals surface area contributed by atoms with E-state index in [4.69, 9.17) is 9.47 Å². The molecule has 238 valence electrons. The van der Waals surface area contributed by atoms with E-state index >= 15 is 0 Å². The fourth-order valence-electron chi connectivity index (χ4n) is 7.22. The summed E-state index contributed by atoms with van der Waals surface area (Å²) >= 11 is 0. The first kappa shape index (κ1) is 31.9. The molecule has 2 aliphatic rings. The number of carbonyl (C=O) groups is 2. The van der Waals surface area contributed by atoms with Crippen molar-refractivity contribution < 1.29 is 19.1 Å². The summed E-state index contributed by atoms with van der Waals surface area (Å²) in [6, 6.07) is 13.0. The van der Waals surface area contributed by atoms with Crippen molar-refractivity contribution in [2.24, 2.45) is 5.92 Å². The van der Waals surface area contributed by atoms with Crippen LogP contribution in [-0.4, -0.2) is 91.5 Å². The molecular weight excluding hydrogens is 552 g/mol. The molecule has 0 radical (unpaired) electrons. The van der Waals surface area contributed by atoms with Gasteiger partial charge in [0.05, 0.1) is 32.4 Å². The Labute approximate surface area is 262 Å². The number of fused-ring (bicyclic) bond motifs is 1. The van der Waals surface area contributed by atoms with Crippen molar-refractivity contribution in [3.05, 3.63) is 47.5 Å². The highest BCUT2D eigenvalue weighted by Crippen LogP contribution is 2.40. The Morgan fingerprint density at radius 1 is 0.955 bits per heavy atom. The lowest BCUT2D eigenvalue weighted by atomic mass is 9.87. The summed E-state index contributed by atoms with van der Waals surface area (Å²) in [5.74, 6) is 2.55. The molecule has 1 atom stereocenters. The molecule has 3 aromatic rings. The Kier molecular flexibility index (Phi) is 10.2. The molecule has 0 bridgehead atoms. The first-order chi connectivity index (χ1) is 21.3. The number of ether oxygens (including phenoxy) is 2. The standard InChI is InChI=1S/C36H50N4O4/c1-7-39(8-2)36(42)28-10-9-17-40(22-28)33(41)23-38-18-15-25(16-19-38)26-11-13-30-29(20-26)34(24(3)4)35(37-30)27-12-14-31(43-5)32(21-27)44-6/h11-14,20-21,24-25,28,37H,7-10,15-19,22-23H2,1-6H3. The maximum atomic E-state index is 13.3. The highest BCUT2D eigenvalue weighted by Gasteiger charge is 2.32. The molecule has 2 amide bonds. The van der Waals surface area contributed by atoms with Gasteiger partial charge in [-0.3, -0.25) is 14.5 Å². The molecule has 2 aliphatic heterocycles. The van der Waals surface area contributed by atoms with Crippen molar-refractivity contribution in [2.75, 3.05) is 60.0 Å². The molecule has 1 unspecified atom stereocenters. The normalized spacial score (nSPS) is 18.2. The predicted octanol–water partition coefficient (Wildman–Crippen LogP) is 6.26. The van der Waals surface area contributed by atoms with Crippen LogP contribution in [0.4, 0.5) is 0 Å². The summed E-state index contributed by atoms with van der Waals surface area (Å²) in [7, 11) is 3.33. The maximum Gasteiger partial charge on any atom is 0.236 e. The summed E-state index contributed by atoms with van der Waals surface area (Å²) in [5.41, 5.74) is 6.04. The van der Waals surface area contributed by atoms with Gasteiger partial charge >= 0.3 is 0 Å². The largest absolute Gasteiger partial charge is 0.493 e. The second-order valence-corrected chi connectivity index (χ2v) is 12.7. The van der Waals surface area contributed by atoms with Crippen LogP contribution in [0, 0.1) is 5.92 Å². The molecule has 0 aliphatic carbocycles. The molecule has 1 aromatic heterocycles.